The van der Waals surface area contributed by atoms with Crippen molar-refractivity contribution in [1.29, 1.82) is 0 Å². The summed E-state index contributed by atoms with van der Waals surface area (Å²) >= 11 is 0. The van der Waals surface area contributed by atoms with Crippen LogP contribution in [0.25, 0.3) is 10.8 Å². The molecule has 0 spiro atoms. The van der Waals surface area contributed by atoms with Crippen LogP contribution in [0, 0.1) is 5.41 Å². The van der Waals surface area contributed by atoms with Gasteiger partial charge in [-0.2, -0.15) is 5.10 Å². The van der Waals surface area contributed by atoms with Gasteiger partial charge in [-0.05, 0) is 36.3 Å². The molecule has 3 aromatic rings. The molecule has 2 N–H and O–H groups in total. The Kier molecular flexibility index (Phi) is 4.29. The van der Waals surface area contributed by atoms with Crippen LogP contribution in [0.1, 0.15) is 35.3 Å². The number of hydrogen-bond acceptors (Lipinski definition) is 3. The molecule has 1 aromatic heterocycles. The summed E-state index contributed by atoms with van der Waals surface area (Å²) in [6.45, 7) is 0.621. The van der Waals surface area contributed by atoms with E-state index in [1.165, 1.54) is 12.0 Å². The van der Waals surface area contributed by atoms with E-state index in [0.717, 1.165) is 19.3 Å². The van der Waals surface area contributed by atoms with E-state index in [2.05, 4.69) is 39.8 Å². The highest BCUT2D eigenvalue weighted by atomic mass is 16.2. The van der Waals surface area contributed by atoms with Gasteiger partial charge in [-0.1, -0.05) is 55.0 Å². The summed E-state index contributed by atoms with van der Waals surface area (Å²) < 4.78 is 0. The highest BCUT2D eigenvalue weighted by Crippen LogP contribution is 2.43. The Morgan fingerprint density at radius 3 is 2.42 bits per heavy atom. The molecular weight excluding hydrogens is 326 g/mol. The molecule has 0 radical (unpaired) electrons. The van der Waals surface area contributed by atoms with Gasteiger partial charge in [-0.25, -0.2) is 5.10 Å². The number of benzene rings is 2. The first-order valence-electron chi connectivity index (χ1n) is 8.96. The summed E-state index contributed by atoms with van der Waals surface area (Å²) in [7, 11) is 0. The van der Waals surface area contributed by atoms with Crippen LogP contribution in [0.2, 0.25) is 0 Å². The van der Waals surface area contributed by atoms with Crippen molar-refractivity contribution in [2.45, 2.75) is 25.7 Å². The average molecular weight is 347 g/mol. The first-order valence-corrected chi connectivity index (χ1v) is 8.96. The number of nitrogens with zero attached hydrogens (tertiary/aromatic N) is 1. The van der Waals surface area contributed by atoms with Crippen molar-refractivity contribution in [1.82, 2.24) is 15.5 Å². The molecule has 1 aliphatic carbocycles. The first-order chi connectivity index (χ1) is 12.7. The molecule has 5 nitrogen and oxygen atoms in total. The lowest BCUT2D eigenvalue weighted by Gasteiger charge is -2.42. The molecule has 1 fully saturated rings. The van der Waals surface area contributed by atoms with Crippen molar-refractivity contribution < 1.29 is 4.79 Å². The van der Waals surface area contributed by atoms with E-state index < -0.39 is 0 Å². The van der Waals surface area contributed by atoms with E-state index in [9.17, 15) is 9.59 Å². The SMILES string of the molecule is O=C(NCC1(Cc2ccccc2)CCC1)c1n[nH]c(=O)c2ccccc12. The number of rotatable bonds is 5. The van der Waals surface area contributed by atoms with Crippen molar-refractivity contribution >= 4 is 16.7 Å². The molecule has 1 amide bonds. The number of hydrogen-bond donors (Lipinski definition) is 2. The second kappa shape index (κ2) is 6.75. The molecule has 0 aliphatic heterocycles. The minimum Gasteiger partial charge on any atom is -0.350 e. The zero-order valence-corrected chi connectivity index (χ0v) is 14.5. The van der Waals surface area contributed by atoms with Gasteiger partial charge in [0.2, 0.25) is 0 Å². The maximum absolute atomic E-state index is 12.7. The van der Waals surface area contributed by atoms with E-state index in [0.29, 0.717) is 17.3 Å². The van der Waals surface area contributed by atoms with Crippen LogP contribution < -0.4 is 10.9 Å². The van der Waals surface area contributed by atoms with Gasteiger partial charge in [-0.3, -0.25) is 9.59 Å². The number of amides is 1. The fraction of sp³-hybridized carbons (Fsp3) is 0.286. The Hall–Kier alpha value is -2.95. The minimum atomic E-state index is -0.281. The lowest BCUT2D eigenvalue weighted by molar-refractivity contribution is 0.0856. The van der Waals surface area contributed by atoms with E-state index >= 15 is 0 Å². The third kappa shape index (κ3) is 3.12. The summed E-state index contributed by atoms with van der Waals surface area (Å²) in [4.78, 5) is 24.6. The Balaban J connectivity index is 1.52. The summed E-state index contributed by atoms with van der Waals surface area (Å²) in [6, 6.07) is 17.5. The first kappa shape index (κ1) is 16.5. The molecule has 26 heavy (non-hydrogen) atoms. The lowest BCUT2D eigenvalue weighted by atomic mass is 9.65. The van der Waals surface area contributed by atoms with Crippen molar-refractivity contribution in [3.63, 3.8) is 0 Å². The maximum Gasteiger partial charge on any atom is 0.272 e. The molecule has 1 heterocycles. The largest absolute Gasteiger partial charge is 0.350 e. The van der Waals surface area contributed by atoms with Gasteiger partial charge >= 0.3 is 0 Å². The van der Waals surface area contributed by atoms with Gasteiger partial charge in [-0.15, -0.1) is 0 Å². The number of carbonyl (C=O) groups is 1. The van der Waals surface area contributed by atoms with Crippen molar-refractivity contribution in [2.75, 3.05) is 6.54 Å². The molecule has 0 saturated heterocycles. The molecule has 0 unspecified atom stereocenters. The maximum atomic E-state index is 12.7. The number of carbonyl (C=O) groups excluding carboxylic acids is 1. The van der Waals surface area contributed by atoms with Crippen LogP contribution in [-0.4, -0.2) is 22.6 Å². The monoisotopic (exact) mass is 347 g/mol. The van der Waals surface area contributed by atoms with E-state index in [4.69, 9.17) is 0 Å². The molecular formula is C21H21N3O2. The van der Waals surface area contributed by atoms with Gasteiger partial charge in [0.15, 0.2) is 5.69 Å². The van der Waals surface area contributed by atoms with Gasteiger partial charge in [0.25, 0.3) is 11.5 Å². The lowest BCUT2D eigenvalue weighted by Crippen LogP contribution is -2.44. The number of aromatic nitrogens is 2. The third-order valence-corrected chi connectivity index (χ3v) is 5.37. The Labute approximate surface area is 151 Å². The van der Waals surface area contributed by atoms with Crippen LogP contribution >= 0.6 is 0 Å². The molecule has 0 bridgehead atoms. The highest BCUT2D eigenvalue weighted by Gasteiger charge is 2.37. The third-order valence-electron chi connectivity index (χ3n) is 5.37. The smallest absolute Gasteiger partial charge is 0.272 e. The fourth-order valence-corrected chi connectivity index (χ4v) is 3.76. The van der Waals surface area contributed by atoms with E-state index in [1.54, 1.807) is 18.2 Å². The normalized spacial score (nSPS) is 15.4. The predicted molar refractivity (Wildman–Crippen MR) is 101 cm³/mol. The summed E-state index contributed by atoms with van der Waals surface area (Å²) in [5.74, 6) is -0.239. The molecule has 2 aromatic carbocycles. The molecule has 4 rings (SSSR count). The van der Waals surface area contributed by atoms with Crippen molar-refractivity contribution in [2.24, 2.45) is 5.41 Å². The number of nitrogens with one attached hydrogen (secondary N) is 2. The topological polar surface area (TPSA) is 74.8 Å². The molecule has 132 valence electrons. The van der Waals surface area contributed by atoms with Crippen LogP contribution in [0.15, 0.2) is 59.4 Å². The summed E-state index contributed by atoms with van der Waals surface area (Å²) in [5, 5.41) is 10.5. The quantitative estimate of drug-likeness (QED) is 0.745. The van der Waals surface area contributed by atoms with Gasteiger partial charge in [0.1, 0.15) is 0 Å². The van der Waals surface area contributed by atoms with Crippen LogP contribution in [0.3, 0.4) is 0 Å². The second-order valence-electron chi connectivity index (χ2n) is 7.15. The zero-order valence-electron chi connectivity index (χ0n) is 14.5. The van der Waals surface area contributed by atoms with Crippen molar-refractivity contribution in [3.8, 4) is 0 Å². The fourth-order valence-electron chi connectivity index (χ4n) is 3.76. The Morgan fingerprint density at radius 2 is 1.73 bits per heavy atom. The zero-order chi connectivity index (χ0) is 18.0. The van der Waals surface area contributed by atoms with E-state index in [1.807, 2.05) is 12.1 Å². The second-order valence-corrected chi connectivity index (χ2v) is 7.15. The highest BCUT2D eigenvalue weighted by molar-refractivity contribution is 6.04. The minimum absolute atomic E-state index is 0.120. The average Bonchev–Trinajstić information content (AvgIpc) is 2.65. The van der Waals surface area contributed by atoms with E-state index in [-0.39, 0.29) is 22.6 Å². The molecule has 1 saturated carbocycles. The standard InChI is InChI=1S/C21H21N3O2/c25-19-17-10-5-4-9-16(17)18(23-24-19)20(26)22-14-21(11-6-12-21)13-15-7-2-1-3-8-15/h1-5,7-10H,6,11-14H2,(H,22,26)(H,24,25). The van der Waals surface area contributed by atoms with Crippen LogP contribution in [0.4, 0.5) is 0 Å². The predicted octanol–water partition coefficient (Wildman–Crippen LogP) is 3.07. The summed E-state index contributed by atoms with van der Waals surface area (Å²) in [6.07, 6.45) is 4.39. The van der Waals surface area contributed by atoms with Gasteiger partial charge in [0.05, 0.1) is 5.39 Å². The number of H-pyrrole nitrogens is 1. The molecule has 1 aliphatic rings. The number of fused-ring (bicyclic) bond motifs is 1. The Morgan fingerprint density at radius 1 is 1.04 bits per heavy atom. The van der Waals surface area contributed by atoms with Crippen LogP contribution in [0.5, 0.6) is 0 Å². The Bertz CT molecular complexity index is 991. The molecule has 5 heteroatoms. The van der Waals surface area contributed by atoms with Gasteiger partial charge < -0.3 is 5.32 Å². The van der Waals surface area contributed by atoms with Gasteiger partial charge in [0, 0.05) is 11.9 Å². The van der Waals surface area contributed by atoms with Crippen LogP contribution in [-0.2, 0) is 6.42 Å². The van der Waals surface area contributed by atoms with Crippen molar-refractivity contribution in [3.05, 3.63) is 76.2 Å². The summed E-state index contributed by atoms with van der Waals surface area (Å²) in [5.41, 5.74) is 1.41. The molecule has 0 atom stereocenters. The number of aromatic amines is 1.